The summed E-state index contributed by atoms with van der Waals surface area (Å²) in [6.07, 6.45) is 1.65. The quantitative estimate of drug-likeness (QED) is 0.817. The van der Waals surface area contributed by atoms with E-state index < -0.39 is 5.54 Å². The van der Waals surface area contributed by atoms with Crippen LogP contribution in [0, 0.1) is 5.41 Å². The molecule has 1 saturated carbocycles. The largest absolute Gasteiger partial charge is 0.378 e. The number of carbonyl (C=O) groups is 1. The number of ether oxygens (including phenoxy) is 1. The highest BCUT2D eigenvalue weighted by molar-refractivity contribution is 5.89. The Morgan fingerprint density at radius 1 is 1.15 bits per heavy atom. The van der Waals surface area contributed by atoms with Gasteiger partial charge < -0.3 is 20.3 Å². The molecular weight excluding hydrogens is 385 g/mol. The Morgan fingerprint density at radius 3 is 2.41 bits per heavy atom. The van der Waals surface area contributed by atoms with Crippen molar-refractivity contribution < 1.29 is 9.53 Å². The maximum Gasteiger partial charge on any atom is 0.243 e. The molecule has 2 aliphatic rings. The summed E-state index contributed by atoms with van der Waals surface area (Å²) in [5, 5.41) is 0. The van der Waals surface area contributed by atoms with E-state index in [4.69, 9.17) is 10.5 Å². The fourth-order valence-corrected chi connectivity index (χ4v) is 4.10. The molecule has 0 radical (unpaired) electrons. The van der Waals surface area contributed by atoms with Crippen LogP contribution in [0.1, 0.15) is 33.6 Å². The summed E-state index contributed by atoms with van der Waals surface area (Å²) in [7, 11) is 0. The van der Waals surface area contributed by atoms with E-state index in [1.807, 2.05) is 17.9 Å². The number of amides is 1. The molecule has 2 N–H and O–H groups in total. The van der Waals surface area contributed by atoms with Gasteiger partial charge in [-0.3, -0.25) is 4.79 Å². The Kier molecular flexibility index (Phi) is 8.42. The zero-order valence-electron chi connectivity index (χ0n) is 16.5. The third-order valence-corrected chi connectivity index (χ3v) is 6.12. The van der Waals surface area contributed by atoms with E-state index in [-0.39, 0.29) is 42.2 Å². The number of hydrogen-bond donors (Lipinski definition) is 1. The average Bonchev–Trinajstić information content (AvgIpc) is 2.87. The van der Waals surface area contributed by atoms with Crippen molar-refractivity contribution in [3.05, 3.63) is 30.3 Å². The second-order valence-electron chi connectivity index (χ2n) is 7.81. The second kappa shape index (κ2) is 9.46. The van der Waals surface area contributed by atoms with Crippen LogP contribution < -0.4 is 10.6 Å². The number of hydrogen-bond acceptors (Lipinski definition) is 4. The molecule has 1 aromatic carbocycles. The van der Waals surface area contributed by atoms with Gasteiger partial charge in [0.15, 0.2) is 0 Å². The monoisotopic (exact) mass is 417 g/mol. The lowest BCUT2D eigenvalue weighted by molar-refractivity contribution is -0.179. The van der Waals surface area contributed by atoms with Crippen molar-refractivity contribution in [2.75, 3.05) is 37.7 Å². The molecule has 0 spiro atoms. The zero-order valence-corrected chi connectivity index (χ0v) is 18.2. The number of para-hydroxylation sites is 1. The van der Waals surface area contributed by atoms with E-state index in [1.165, 1.54) is 5.69 Å². The first-order valence-electron chi connectivity index (χ1n) is 9.40. The maximum atomic E-state index is 13.2. The van der Waals surface area contributed by atoms with Crippen molar-refractivity contribution in [1.29, 1.82) is 0 Å². The number of carbonyl (C=O) groups excluding carboxylic acids is 1. The fraction of sp³-hybridized carbons (Fsp3) is 0.650. The van der Waals surface area contributed by atoms with Gasteiger partial charge in [0.25, 0.3) is 0 Å². The molecule has 7 heteroatoms. The van der Waals surface area contributed by atoms with Crippen LogP contribution in [-0.2, 0) is 9.53 Å². The summed E-state index contributed by atoms with van der Waals surface area (Å²) in [6, 6.07) is 10.4. The molecule has 3 rings (SSSR count). The molecule has 1 aromatic rings. The van der Waals surface area contributed by atoms with Crippen LogP contribution in [0.5, 0.6) is 0 Å². The van der Waals surface area contributed by atoms with Crippen molar-refractivity contribution in [3.63, 3.8) is 0 Å². The molecule has 1 amide bonds. The second-order valence-corrected chi connectivity index (χ2v) is 7.81. The van der Waals surface area contributed by atoms with Crippen molar-refractivity contribution >= 4 is 36.4 Å². The average molecular weight is 418 g/mol. The Morgan fingerprint density at radius 2 is 1.81 bits per heavy atom. The molecule has 0 aromatic heterocycles. The lowest BCUT2D eigenvalue weighted by atomic mass is 9.54. The molecule has 0 bridgehead atoms. The van der Waals surface area contributed by atoms with Crippen molar-refractivity contribution in [1.82, 2.24) is 4.90 Å². The Hall–Kier alpha value is -1.01. The van der Waals surface area contributed by atoms with Gasteiger partial charge in [0.2, 0.25) is 5.91 Å². The molecule has 2 unspecified atom stereocenters. The molecule has 1 saturated heterocycles. The van der Waals surface area contributed by atoms with Crippen molar-refractivity contribution in [2.45, 2.75) is 45.3 Å². The van der Waals surface area contributed by atoms with Gasteiger partial charge in [-0.25, -0.2) is 0 Å². The summed E-state index contributed by atoms with van der Waals surface area (Å²) in [5.41, 5.74) is 6.67. The lowest BCUT2D eigenvalue weighted by Crippen LogP contribution is -2.76. The van der Waals surface area contributed by atoms with Crippen LogP contribution in [0.15, 0.2) is 30.3 Å². The van der Waals surface area contributed by atoms with Crippen LogP contribution in [0.3, 0.4) is 0 Å². The summed E-state index contributed by atoms with van der Waals surface area (Å²) < 4.78 is 5.77. The SMILES string of the molecule is CCOC1CC(N)(C(=O)N2CCCN(c3ccccc3)CC2)C1(C)C.Cl.Cl. The van der Waals surface area contributed by atoms with Gasteiger partial charge in [0, 0.05) is 50.3 Å². The van der Waals surface area contributed by atoms with E-state index in [0.29, 0.717) is 13.0 Å². The third kappa shape index (κ3) is 4.37. The third-order valence-electron chi connectivity index (χ3n) is 6.12. The predicted molar refractivity (Wildman–Crippen MR) is 115 cm³/mol. The standard InChI is InChI=1S/C20H31N3O2.2ClH/c1-4-25-17-15-20(21,19(17,2)3)18(24)23-12-8-11-22(13-14-23)16-9-6-5-7-10-16;;/h5-7,9-10,17H,4,8,11-15,21H2,1-3H3;2*1H. The molecule has 2 fully saturated rings. The van der Waals surface area contributed by atoms with Gasteiger partial charge in [-0.1, -0.05) is 32.0 Å². The molecule has 2 atom stereocenters. The van der Waals surface area contributed by atoms with Gasteiger partial charge in [-0.2, -0.15) is 0 Å². The topological polar surface area (TPSA) is 58.8 Å². The van der Waals surface area contributed by atoms with Gasteiger partial charge in [0.05, 0.1) is 6.10 Å². The summed E-state index contributed by atoms with van der Waals surface area (Å²) in [4.78, 5) is 17.5. The van der Waals surface area contributed by atoms with E-state index in [0.717, 1.165) is 32.6 Å². The minimum Gasteiger partial charge on any atom is -0.378 e. The highest BCUT2D eigenvalue weighted by Gasteiger charge is 2.63. The number of halogens is 2. The highest BCUT2D eigenvalue weighted by atomic mass is 35.5. The van der Waals surface area contributed by atoms with Gasteiger partial charge >= 0.3 is 0 Å². The molecule has 1 aliphatic carbocycles. The first-order chi connectivity index (χ1) is 11.9. The molecule has 1 heterocycles. The Balaban J connectivity index is 0.00000182. The van der Waals surface area contributed by atoms with E-state index in [2.05, 4.69) is 43.0 Å². The fourth-order valence-electron chi connectivity index (χ4n) is 4.10. The first kappa shape index (κ1) is 24.0. The van der Waals surface area contributed by atoms with Crippen LogP contribution in [0.25, 0.3) is 0 Å². The zero-order chi connectivity index (χ0) is 18.1. The lowest BCUT2D eigenvalue weighted by Gasteiger charge is -2.58. The molecule has 27 heavy (non-hydrogen) atoms. The molecule has 154 valence electrons. The van der Waals surface area contributed by atoms with E-state index in [1.54, 1.807) is 0 Å². The van der Waals surface area contributed by atoms with Gasteiger partial charge in [0.1, 0.15) is 5.54 Å². The number of nitrogens with two attached hydrogens (primary N) is 1. The number of benzene rings is 1. The predicted octanol–water partition coefficient (Wildman–Crippen LogP) is 3.10. The minimum atomic E-state index is -0.811. The highest BCUT2D eigenvalue weighted by Crippen LogP contribution is 2.50. The Bertz CT molecular complexity index is 615. The van der Waals surface area contributed by atoms with E-state index >= 15 is 0 Å². The minimum absolute atomic E-state index is 0. The van der Waals surface area contributed by atoms with Crippen LogP contribution in [0.2, 0.25) is 0 Å². The normalized spacial score (nSPS) is 26.9. The molecular formula is C20H33Cl2N3O2. The smallest absolute Gasteiger partial charge is 0.243 e. The van der Waals surface area contributed by atoms with E-state index in [9.17, 15) is 4.79 Å². The summed E-state index contributed by atoms with van der Waals surface area (Å²) in [6.45, 7) is 10.1. The Labute approximate surface area is 175 Å². The van der Waals surface area contributed by atoms with Gasteiger partial charge in [-0.05, 0) is 25.5 Å². The van der Waals surface area contributed by atoms with Crippen LogP contribution in [-0.4, -0.2) is 55.2 Å². The summed E-state index contributed by atoms with van der Waals surface area (Å²) in [5.74, 6) is 0.0864. The molecule has 5 nitrogen and oxygen atoms in total. The van der Waals surface area contributed by atoms with Crippen LogP contribution in [0.4, 0.5) is 5.69 Å². The number of anilines is 1. The van der Waals surface area contributed by atoms with Crippen LogP contribution >= 0.6 is 24.8 Å². The van der Waals surface area contributed by atoms with Gasteiger partial charge in [-0.15, -0.1) is 24.8 Å². The molecule has 1 aliphatic heterocycles. The summed E-state index contributed by atoms with van der Waals surface area (Å²) >= 11 is 0. The number of rotatable bonds is 4. The maximum absolute atomic E-state index is 13.2. The van der Waals surface area contributed by atoms with Crippen molar-refractivity contribution in [3.8, 4) is 0 Å². The van der Waals surface area contributed by atoms with Crippen molar-refractivity contribution in [2.24, 2.45) is 11.1 Å². The number of nitrogens with zero attached hydrogens (tertiary/aromatic N) is 2. The first-order valence-corrected chi connectivity index (χ1v) is 9.40.